The van der Waals surface area contributed by atoms with Gasteiger partial charge in [-0.15, -0.1) is 0 Å². The number of piperidine rings is 1. The summed E-state index contributed by atoms with van der Waals surface area (Å²) in [5.41, 5.74) is 5.44. The van der Waals surface area contributed by atoms with E-state index in [1.807, 2.05) is 41.0 Å². The lowest BCUT2D eigenvalue weighted by atomic mass is 10.1. The van der Waals surface area contributed by atoms with Crippen molar-refractivity contribution in [3.63, 3.8) is 0 Å². The van der Waals surface area contributed by atoms with E-state index in [-0.39, 0.29) is 26.2 Å². The number of rotatable bonds is 8. The Morgan fingerprint density at radius 2 is 1.02 bits per heavy atom. The first kappa shape index (κ1) is 51.1. The number of carbonyl (C=O) groups is 2. The molecule has 0 N–H and O–H groups in total. The maximum atomic E-state index is 12.6. The molecule has 2 aromatic rings. The SMILES string of the molecule is Cc1cc(N2CCOCC2)ccc1CN1CCN(C(=O)OC(C(F)(F)F)C(F)(F)F)CC1.O=C(OC(C(F)(F)F)C(F)(F)F)N1CCN(Cc2ccc(Br)cc2N2CCCCC2)CC1. The summed E-state index contributed by atoms with van der Waals surface area (Å²) in [6.45, 7) is 9.20. The zero-order chi connectivity index (χ0) is 47.0. The zero-order valence-corrected chi connectivity index (χ0v) is 36.3. The molecule has 0 spiro atoms. The van der Waals surface area contributed by atoms with Crippen molar-refractivity contribution in [1.82, 2.24) is 19.6 Å². The van der Waals surface area contributed by atoms with E-state index in [0.717, 1.165) is 81.4 Å². The van der Waals surface area contributed by atoms with Gasteiger partial charge in [0.25, 0.3) is 12.2 Å². The number of piperazine rings is 2. The molecule has 4 aliphatic heterocycles. The molecule has 4 saturated heterocycles. The molecule has 0 atom stereocenters. The van der Waals surface area contributed by atoms with Crippen LogP contribution in [0.1, 0.15) is 36.0 Å². The normalized spacial score (nSPS) is 18.9. The van der Waals surface area contributed by atoms with Crippen LogP contribution >= 0.6 is 15.9 Å². The largest absolute Gasteiger partial charge is 0.434 e. The standard InChI is InChI=1S/C20H24BrF6N3O2.C20H25F6N3O3/c21-15-5-4-14(16(12-15)29-6-2-1-3-7-29)13-28-8-10-30(11-9-28)18(31)32-17(19(22,23)24)20(25,26)27;1-14-12-16(28-8-10-31-11-9-28)3-2-15(14)13-27-4-6-29(7-5-27)18(30)32-17(19(21,22)23)20(24,25)26/h4-5,12,17H,1-3,6-11,13H2;2-3,12,17H,4-11,13H2,1H3. The fraction of sp³-hybridized carbons (Fsp3) is 0.650. The second kappa shape index (κ2) is 21.6. The maximum absolute atomic E-state index is 12.6. The van der Waals surface area contributed by atoms with Crippen molar-refractivity contribution in [1.29, 1.82) is 0 Å². The van der Waals surface area contributed by atoms with Gasteiger partial charge in [0.15, 0.2) is 0 Å². The number of amides is 2. The zero-order valence-electron chi connectivity index (χ0n) is 34.7. The van der Waals surface area contributed by atoms with Gasteiger partial charge in [0.2, 0.25) is 0 Å². The number of aryl methyl sites for hydroxylation is 1. The number of benzene rings is 2. The van der Waals surface area contributed by atoms with E-state index in [1.165, 1.54) is 6.42 Å². The molecule has 0 aliphatic carbocycles. The molecular weight excluding hydrogens is 952 g/mol. The van der Waals surface area contributed by atoms with E-state index in [1.54, 1.807) is 0 Å². The Morgan fingerprint density at radius 3 is 1.45 bits per heavy atom. The number of hydrogen-bond donors (Lipinski definition) is 0. The Hall–Kier alpha value is -3.90. The molecule has 2 aromatic carbocycles. The lowest BCUT2D eigenvalue weighted by Gasteiger charge is -2.36. The van der Waals surface area contributed by atoms with Gasteiger partial charge >= 0.3 is 36.9 Å². The van der Waals surface area contributed by atoms with Crippen molar-refractivity contribution in [2.75, 3.05) is 102 Å². The smallest absolute Gasteiger partial charge is 0.426 e. The summed E-state index contributed by atoms with van der Waals surface area (Å²) in [7, 11) is 0. The first-order valence-electron chi connectivity index (χ1n) is 20.5. The molecule has 0 bridgehead atoms. The average Bonchev–Trinajstić information content (AvgIpc) is 3.23. The Labute approximate surface area is 370 Å². The maximum Gasteiger partial charge on any atom is 0.434 e. The average molecular weight is 1000 g/mol. The molecule has 11 nitrogen and oxygen atoms in total. The van der Waals surface area contributed by atoms with E-state index < -0.39 is 49.1 Å². The van der Waals surface area contributed by atoms with Crippen LogP contribution in [0, 0.1) is 6.92 Å². The van der Waals surface area contributed by atoms with Gasteiger partial charge in [0, 0.05) is 107 Å². The molecule has 2 amide bonds. The summed E-state index contributed by atoms with van der Waals surface area (Å²) < 4.78 is 165. The number of carbonyl (C=O) groups excluding carboxylic acids is 2. The van der Waals surface area contributed by atoms with Gasteiger partial charge in [0.05, 0.1) is 13.2 Å². The highest BCUT2D eigenvalue weighted by Gasteiger charge is 2.61. The van der Waals surface area contributed by atoms with Crippen molar-refractivity contribution in [3.05, 3.63) is 57.6 Å². The van der Waals surface area contributed by atoms with Gasteiger partial charge in [-0.1, -0.05) is 28.1 Å². The molecule has 0 unspecified atom stereocenters. The molecule has 0 saturated carbocycles. The third-order valence-corrected chi connectivity index (χ3v) is 11.6. The summed E-state index contributed by atoms with van der Waals surface area (Å²) in [5.74, 6) is 0. The fourth-order valence-corrected chi connectivity index (χ4v) is 7.97. The van der Waals surface area contributed by atoms with Crippen molar-refractivity contribution < 1.29 is 76.5 Å². The highest BCUT2D eigenvalue weighted by molar-refractivity contribution is 9.10. The molecule has 64 heavy (non-hydrogen) atoms. The summed E-state index contributed by atoms with van der Waals surface area (Å²) in [5, 5.41) is 0. The minimum absolute atomic E-state index is 0.0170. The van der Waals surface area contributed by atoms with Gasteiger partial charge in [-0.3, -0.25) is 9.80 Å². The summed E-state index contributed by atoms with van der Waals surface area (Å²) >= 11 is 3.50. The lowest BCUT2D eigenvalue weighted by molar-refractivity contribution is -0.309. The molecule has 6 rings (SSSR count). The van der Waals surface area contributed by atoms with Crippen molar-refractivity contribution in [2.24, 2.45) is 0 Å². The van der Waals surface area contributed by atoms with Crippen LogP contribution in [0.2, 0.25) is 0 Å². The van der Waals surface area contributed by atoms with E-state index in [4.69, 9.17) is 4.74 Å². The van der Waals surface area contributed by atoms with Crippen LogP contribution in [0.15, 0.2) is 40.9 Å². The summed E-state index contributed by atoms with van der Waals surface area (Å²) in [6.07, 6.45) is -30.9. The van der Waals surface area contributed by atoms with Crippen LogP contribution in [0.4, 0.5) is 73.6 Å². The van der Waals surface area contributed by atoms with E-state index in [0.29, 0.717) is 52.5 Å². The van der Waals surface area contributed by atoms with E-state index in [2.05, 4.69) is 47.3 Å². The van der Waals surface area contributed by atoms with E-state index >= 15 is 0 Å². The Bertz CT molecular complexity index is 1810. The number of ether oxygens (including phenoxy) is 3. The molecular formula is C40H49BrF12N6O5. The first-order chi connectivity index (χ1) is 29.9. The number of alkyl halides is 12. The van der Waals surface area contributed by atoms with E-state index in [9.17, 15) is 62.3 Å². The van der Waals surface area contributed by atoms with Crippen LogP contribution < -0.4 is 9.80 Å². The number of halogens is 13. The van der Waals surface area contributed by atoms with Gasteiger partial charge in [0.1, 0.15) is 0 Å². The Kier molecular flexibility index (Phi) is 17.2. The van der Waals surface area contributed by atoms with Crippen LogP contribution in [-0.2, 0) is 27.3 Å². The molecule has 0 radical (unpaired) electrons. The molecule has 360 valence electrons. The van der Waals surface area contributed by atoms with Crippen LogP contribution in [0.3, 0.4) is 0 Å². The molecule has 4 fully saturated rings. The quantitative estimate of drug-likeness (QED) is 0.242. The van der Waals surface area contributed by atoms with Crippen LogP contribution in [0.5, 0.6) is 0 Å². The number of hydrogen-bond acceptors (Lipinski definition) is 9. The fourth-order valence-electron chi connectivity index (χ4n) is 7.62. The predicted molar refractivity (Wildman–Crippen MR) is 213 cm³/mol. The second-order valence-electron chi connectivity index (χ2n) is 15.8. The van der Waals surface area contributed by atoms with Gasteiger partial charge in [-0.2, -0.15) is 52.7 Å². The lowest BCUT2D eigenvalue weighted by Crippen LogP contribution is -2.52. The Balaban J connectivity index is 0.000000241. The third kappa shape index (κ3) is 14.6. The highest BCUT2D eigenvalue weighted by Crippen LogP contribution is 2.38. The van der Waals surface area contributed by atoms with Gasteiger partial charge in [-0.25, -0.2) is 9.59 Å². The van der Waals surface area contributed by atoms with Crippen molar-refractivity contribution >= 4 is 39.5 Å². The topological polar surface area (TPSA) is 81.3 Å². The molecule has 4 heterocycles. The van der Waals surface area contributed by atoms with Crippen molar-refractivity contribution in [2.45, 2.75) is 76.2 Å². The minimum Gasteiger partial charge on any atom is -0.426 e. The molecule has 4 aliphatic rings. The number of morpholine rings is 1. The molecule has 24 heteroatoms. The third-order valence-electron chi connectivity index (χ3n) is 11.1. The monoisotopic (exact) mass is 1000 g/mol. The highest BCUT2D eigenvalue weighted by atomic mass is 79.9. The second-order valence-corrected chi connectivity index (χ2v) is 16.7. The van der Waals surface area contributed by atoms with Gasteiger partial charge < -0.3 is 33.8 Å². The van der Waals surface area contributed by atoms with Crippen molar-refractivity contribution in [3.8, 4) is 0 Å². The van der Waals surface area contributed by atoms with Crippen LogP contribution in [0.25, 0.3) is 0 Å². The van der Waals surface area contributed by atoms with Gasteiger partial charge in [-0.05, 0) is 67.1 Å². The number of nitrogens with zero attached hydrogens (tertiary/aromatic N) is 6. The minimum atomic E-state index is -5.72. The molecule has 0 aromatic heterocycles. The number of anilines is 2. The Morgan fingerprint density at radius 1 is 0.578 bits per heavy atom. The summed E-state index contributed by atoms with van der Waals surface area (Å²) in [6, 6.07) is 12.1. The predicted octanol–water partition coefficient (Wildman–Crippen LogP) is 8.77. The first-order valence-corrected chi connectivity index (χ1v) is 21.3. The summed E-state index contributed by atoms with van der Waals surface area (Å²) in [4.78, 5) is 34.1. The van der Waals surface area contributed by atoms with Crippen LogP contribution in [-0.4, -0.2) is 160 Å².